The van der Waals surface area contributed by atoms with Gasteiger partial charge >= 0.3 is 0 Å². The van der Waals surface area contributed by atoms with Crippen LogP contribution in [0, 0.1) is 0 Å². The molecule has 1 aliphatic rings. The summed E-state index contributed by atoms with van der Waals surface area (Å²) in [6.07, 6.45) is 1.73. The molecule has 0 radical (unpaired) electrons. The van der Waals surface area contributed by atoms with E-state index in [0.717, 1.165) is 5.56 Å². The Morgan fingerprint density at radius 2 is 1.96 bits per heavy atom. The summed E-state index contributed by atoms with van der Waals surface area (Å²) in [6.45, 7) is 0.0355. The fourth-order valence-corrected chi connectivity index (χ4v) is 2.92. The topological polar surface area (TPSA) is 58.6 Å². The van der Waals surface area contributed by atoms with Gasteiger partial charge in [-0.3, -0.25) is 9.59 Å². The Bertz CT molecular complexity index is 896. The number of halogens is 2. The summed E-state index contributed by atoms with van der Waals surface area (Å²) in [4.78, 5) is 26.1. The lowest BCUT2D eigenvalue weighted by Gasteiger charge is -2.22. The van der Waals surface area contributed by atoms with Gasteiger partial charge in [0.25, 0.3) is 5.91 Å². The normalized spacial score (nSPS) is 12.5. The molecule has 2 aromatic rings. The third-order valence-electron chi connectivity index (χ3n) is 3.83. The Balaban J connectivity index is 1.66. The van der Waals surface area contributed by atoms with E-state index >= 15 is 0 Å². The maximum Gasteiger partial charge on any atom is 0.253 e. The highest BCUT2D eigenvalue weighted by Crippen LogP contribution is 2.29. The van der Waals surface area contributed by atoms with Crippen LogP contribution < -0.4 is 10.1 Å². The summed E-state index contributed by atoms with van der Waals surface area (Å²) in [7, 11) is 1.56. The van der Waals surface area contributed by atoms with E-state index in [1.54, 1.807) is 55.6 Å². The molecule has 0 aliphatic carbocycles. The molecule has 0 atom stereocenters. The van der Waals surface area contributed by atoms with Gasteiger partial charge < -0.3 is 15.0 Å². The van der Waals surface area contributed by atoms with Crippen LogP contribution in [0.5, 0.6) is 5.75 Å². The number of hydrogen-bond acceptors (Lipinski definition) is 3. The molecule has 134 valence electrons. The molecule has 0 fully saturated rings. The molecule has 5 nitrogen and oxygen atoms in total. The summed E-state index contributed by atoms with van der Waals surface area (Å²) in [5.41, 5.74) is 1.69. The van der Waals surface area contributed by atoms with Crippen molar-refractivity contribution in [2.75, 3.05) is 25.5 Å². The van der Waals surface area contributed by atoms with Crippen molar-refractivity contribution in [3.8, 4) is 5.75 Å². The number of nitrogens with one attached hydrogen (secondary N) is 1. The van der Waals surface area contributed by atoms with Gasteiger partial charge in [0.05, 0.1) is 22.8 Å². The molecule has 0 spiro atoms. The van der Waals surface area contributed by atoms with E-state index in [2.05, 4.69) is 5.32 Å². The fourth-order valence-electron chi connectivity index (χ4n) is 2.56. The summed E-state index contributed by atoms with van der Waals surface area (Å²) in [5.74, 6) is 0.0460. The molecule has 26 heavy (non-hydrogen) atoms. The van der Waals surface area contributed by atoms with E-state index in [0.29, 0.717) is 27.1 Å². The average molecular weight is 391 g/mol. The van der Waals surface area contributed by atoms with Gasteiger partial charge in [0.1, 0.15) is 12.4 Å². The van der Waals surface area contributed by atoms with E-state index < -0.39 is 0 Å². The minimum absolute atomic E-state index is 0.107. The van der Waals surface area contributed by atoms with E-state index in [-0.39, 0.29) is 25.0 Å². The average Bonchev–Trinajstić information content (AvgIpc) is 2.62. The zero-order valence-corrected chi connectivity index (χ0v) is 15.5. The first-order valence-corrected chi connectivity index (χ1v) is 8.62. The summed E-state index contributed by atoms with van der Waals surface area (Å²) < 4.78 is 5.59. The van der Waals surface area contributed by atoms with Crippen molar-refractivity contribution in [1.29, 1.82) is 0 Å². The fraction of sp³-hybridized carbons (Fsp3) is 0.158. The lowest BCUT2D eigenvalue weighted by molar-refractivity contribution is -0.130. The highest BCUT2D eigenvalue weighted by molar-refractivity contribution is 6.33. The summed E-state index contributed by atoms with van der Waals surface area (Å²) >= 11 is 12.0. The van der Waals surface area contributed by atoms with Crippen molar-refractivity contribution < 1.29 is 14.3 Å². The Morgan fingerprint density at radius 1 is 1.19 bits per heavy atom. The molecule has 1 N–H and O–H groups in total. The van der Waals surface area contributed by atoms with Crippen LogP contribution in [0.2, 0.25) is 10.0 Å². The molecule has 0 aromatic heterocycles. The largest absolute Gasteiger partial charge is 0.488 e. The van der Waals surface area contributed by atoms with Gasteiger partial charge in [0.15, 0.2) is 0 Å². The monoisotopic (exact) mass is 390 g/mol. The molecule has 7 heteroatoms. The number of fused-ring (bicyclic) bond motifs is 1. The second-order valence-corrected chi connectivity index (χ2v) is 6.67. The summed E-state index contributed by atoms with van der Waals surface area (Å²) in [5, 5.41) is 3.69. The van der Waals surface area contributed by atoms with E-state index in [4.69, 9.17) is 27.9 Å². The minimum Gasteiger partial charge on any atom is -0.488 e. The molecule has 0 unspecified atom stereocenters. The lowest BCUT2D eigenvalue weighted by Crippen LogP contribution is -2.37. The van der Waals surface area contributed by atoms with Crippen LogP contribution in [0.15, 0.2) is 48.0 Å². The first kappa shape index (κ1) is 18.3. The van der Waals surface area contributed by atoms with Crippen LogP contribution in [-0.2, 0) is 9.59 Å². The second-order valence-electron chi connectivity index (χ2n) is 5.83. The van der Waals surface area contributed by atoms with Crippen LogP contribution in [0.3, 0.4) is 0 Å². The predicted molar refractivity (Wildman–Crippen MR) is 103 cm³/mol. The maximum atomic E-state index is 12.6. The third-order valence-corrected chi connectivity index (χ3v) is 4.40. The first-order valence-electron chi connectivity index (χ1n) is 7.87. The number of nitrogens with zero attached hydrogens (tertiary/aromatic N) is 1. The van der Waals surface area contributed by atoms with Gasteiger partial charge in [-0.15, -0.1) is 0 Å². The van der Waals surface area contributed by atoms with Crippen molar-refractivity contribution in [3.63, 3.8) is 0 Å². The SMILES string of the molecule is CN(CC(=O)Nc1ccccc1Cl)C(=O)C1=Cc2cc(Cl)ccc2OC1. The smallest absolute Gasteiger partial charge is 0.253 e. The Morgan fingerprint density at radius 3 is 2.73 bits per heavy atom. The van der Waals surface area contributed by atoms with Crippen LogP contribution >= 0.6 is 23.2 Å². The Kier molecular flexibility index (Phi) is 5.49. The highest BCUT2D eigenvalue weighted by Gasteiger charge is 2.22. The number of carbonyl (C=O) groups excluding carboxylic acids is 2. The van der Waals surface area contributed by atoms with Crippen molar-refractivity contribution in [2.24, 2.45) is 0 Å². The molecule has 0 saturated carbocycles. The highest BCUT2D eigenvalue weighted by atomic mass is 35.5. The van der Waals surface area contributed by atoms with Crippen LogP contribution in [0.4, 0.5) is 5.69 Å². The molecule has 2 aromatic carbocycles. The van der Waals surface area contributed by atoms with Crippen molar-refractivity contribution in [1.82, 2.24) is 4.90 Å². The van der Waals surface area contributed by atoms with E-state index in [9.17, 15) is 9.59 Å². The molecule has 3 rings (SSSR count). The molecular weight excluding hydrogens is 375 g/mol. The number of carbonyl (C=O) groups is 2. The molecular formula is C19H16Cl2N2O3. The standard InChI is InChI=1S/C19H16Cl2N2O3/c1-23(10-18(24)22-16-5-3-2-4-15(16)21)19(25)13-8-12-9-14(20)6-7-17(12)26-11-13/h2-9H,10-11H2,1H3,(H,22,24). The number of anilines is 1. The van der Waals surface area contributed by atoms with Gasteiger partial charge in [-0.05, 0) is 36.4 Å². The number of ether oxygens (including phenoxy) is 1. The van der Waals surface area contributed by atoms with Crippen LogP contribution in [0.25, 0.3) is 6.08 Å². The number of rotatable bonds is 4. The van der Waals surface area contributed by atoms with Gasteiger partial charge in [-0.1, -0.05) is 35.3 Å². The zero-order valence-electron chi connectivity index (χ0n) is 14.0. The Labute approximate surface area is 161 Å². The molecule has 0 saturated heterocycles. The van der Waals surface area contributed by atoms with Crippen LogP contribution in [0.1, 0.15) is 5.56 Å². The molecule has 1 heterocycles. The van der Waals surface area contributed by atoms with Crippen molar-refractivity contribution in [2.45, 2.75) is 0 Å². The number of para-hydroxylation sites is 1. The molecule has 0 bridgehead atoms. The first-order chi connectivity index (χ1) is 12.4. The van der Waals surface area contributed by atoms with Crippen LogP contribution in [-0.4, -0.2) is 36.9 Å². The third kappa shape index (κ3) is 4.18. The minimum atomic E-state index is -0.338. The molecule has 2 amide bonds. The molecule has 1 aliphatic heterocycles. The predicted octanol–water partition coefficient (Wildman–Crippen LogP) is 3.87. The summed E-state index contributed by atoms with van der Waals surface area (Å²) in [6, 6.07) is 12.1. The number of amides is 2. The van der Waals surface area contributed by atoms with E-state index in [1.807, 2.05) is 0 Å². The van der Waals surface area contributed by atoms with Crippen molar-refractivity contribution >= 4 is 46.8 Å². The second kappa shape index (κ2) is 7.81. The van der Waals surface area contributed by atoms with Crippen molar-refractivity contribution in [3.05, 3.63) is 63.6 Å². The van der Waals surface area contributed by atoms with Gasteiger partial charge in [-0.25, -0.2) is 0 Å². The van der Waals surface area contributed by atoms with E-state index in [1.165, 1.54) is 4.90 Å². The zero-order chi connectivity index (χ0) is 18.7. The number of likely N-dealkylation sites (N-methyl/N-ethyl adjacent to an activating group) is 1. The van der Waals surface area contributed by atoms with Gasteiger partial charge in [0.2, 0.25) is 5.91 Å². The van der Waals surface area contributed by atoms with Gasteiger partial charge in [-0.2, -0.15) is 0 Å². The van der Waals surface area contributed by atoms with Gasteiger partial charge in [0, 0.05) is 17.6 Å². The number of benzene rings is 2. The Hall–Kier alpha value is -2.50. The number of hydrogen-bond donors (Lipinski definition) is 1. The maximum absolute atomic E-state index is 12.6. The lowest BCUT2D eigenvalue weighted by atomic mass is 10.1. The quantitative estimate of drug-likeness (QED) is 0.861.